The minimum absolute atomic E-state index is 0.0197. The van der Waals surface area contributed by atoms with Gasteiger partial charge in [-0.1, -0.05) is 28.1 Å². The number of hydrogen-bond acceptors (Lipinski definition) is 5. The molecule has 0 saturated heterocycles. The summed E-state index contributed by atoms with van der Waals surface area (Å²) < 4.78 is 65.9. The van der Waals surface area contributed by atoms with Crippen molar-refractivity contribution in [3.8, 4) is 5.75 Å². The van der Waals surface area contributed by atoms with Crippen LogP contribution in [0.5, 0.6) is 5.75 Å². The van der Waals surface area contributed by atoms with Crippen molar-refractivity contribution >= 4 is 27.7 Å². The minimum Gasteiger partial charge on any atom is -0.494 e. The number of halogens is 5. The molecule has 1 heterocycles. The normalized spacial score (nSPS) is 18.7. The molecule has 0 aliphatic carbocycles. The molecule has 1 aliphatic heterocycles. The molecule has 0 bridgehead atoms. The Hall–Kier alpha value is -3.44. The summed E-state index contributed by atoms with van der Waals surface area (Å²) in [6.07, 6.45) is -4.81. The van der Waals surface area contributed by atoms with Crippen LogP contribution < -0.4 is 10.1 Å². The van der Waals surface area contributed by atoms with E-state index in [9.17, 15) is 22.4 Å². The summed E-state index contributed by atoms with van der Waals surface area (Å²) in [7, 11) is 0. The van der Waals surface area contributed by atoms with Crippen LogP contribution in [-0.4, -0.2) is 41.8 Å². The van der Waals surface area contributed by atoms with E-state index < -0.39 is 35.1 Å². The number of alkyl halides is 3. The van der Waals surface area contributed by atoms with E-state index in [2.05, 4.69) is 21.2 Å². The Bertz CT molecular complexity index is 1360. The van der Waals surface area contributed by atoms with E-state index in [1.165, 1.54) is 0 Å². The number of amides is 1. The number of nitrogens with zero attached hydrogens (tertiary/aromatic N) is 1. The molecule has 0 unspecified atom stereocenters. The fourth-order valence-electron chi connectivity index (χ4n) is 4.31. The van der Waals surface area contributed by atoms with E-state index in [-0.39, 0.29) is 31.0 Å². The Morgan fingerprint density at radius 2 is 1.80 bits per heavy atom. The Morgan fingerprint density at radius 1 is 1.10 bits per heavy atom. The molecule has 4 rings (SSSR count). The Kier molecular flexibility index (Phi) is 9.15. The molecule has 0 fully saturated rings. The van der Waals surface area contributed by atoms with Crippen LogP contribution in [-0.2, 0) is 28.7 Å². The molecule has 1 aliphatic rings. The third-order valence-corrected chi connectivity index (χ3v) is 6.98. The highest BCUT2D eigenvalue weighted by Gasteiger charge is 2.50. The lowest BCUT2D eigenvalue weighted by atomic mass is 9.86. The van der Waals surface area contributed by atoms with E-state index in [1.807, 2.05) is 24.3 Å². The number of rotatable bonds is 10. The zero-order chi connectivity index (χ0) is 28.9. The second kappa shape index (κ2) is 12.4. The van der Waals surface area contributed by atoms with Gasteiger partial charge >= 0.3 is 6.18 Å². The van der Waals surface area contributed by atoms with Gasteiger partial charge in [0.05, 0.1) is 12.2 Å². The molecule has 2 N–H and O–H groups in total. The Balaban J connectivity index is 1.61. The number of benzene rings is 3. The number of aliphatic hydroxyl groups excluding tert-OH is 1. The van der Waals surface area contributed by atoms with Crippen LogP contribution in [0.2, 0.25) is 0 Å². The van der Waals surface area contributed by atoms with Crippen LogP contribution in [0.1, 0.15) is 35.6 Å². The molecule has 6 nitrogen and oxygen atoms in total. The Morgan fingerprint density at radius 3 is 2.45 bits per heavy atom. The fraction of sp³-hybridized carbons (Fsp3) is 0.310. The van der Waals surface area contributed by atoms with Gasteiger partial charge < -0.3 is 19.9 Å². The number of hydrogen-bond donors (Lipinski definition) is 2. The summed E-state index contributed by atoms with van der Waals surface area (Å²) in [6.45, 7) is 1.74. The third kappa shape index (κ3) is 7.00. The third-order valence-electron chi connectivity index (χ3n) is 6.45. The topological polar surface area (TPSA) is 80.2 Å². The van der Waals surface area contributed by atoms with Crippen molar-refractivity contribution in [3.63, 3.8) is 0 Å². The Labute approximate surface area is 237 Å². The van der Waals surface area contributed by atoms with Crippen LogP contribution in [0.3, 0.4) is 0 Å². The standard InChI is InChI=1S/C29H27BrF4N2O4/c1-18-28(16-19-3-7-23(30)8-4-19,27(38)35-17-20-13-22(29(32,33)34)15-24(31)14-20)36-26(40-18)21-5-9-25(10-6-21)39-12-2-11-37/h3-10,13-15,18,37H,2,11-12,16-17H2,1H3,(H,35,38)/t18-,28-/m1/s1. The summed E-state index contributed by atoms with van der Waals surface area (Å²) in [5.74, 6) is -0.798. The second-order valence-corrected chi connectivity index (χ2v) is 10.3. The molecule has 11 heteroatoms. The van der Waals surface area contributed by atoms with Crippen LogP contribution in [0.15, 0.2) is 76.2 Å². The zero-order valence-electron chi connectivity index (χ0n) is 21.5. The summed E-state index contributed by atoms with van der Waals surface area (Å²) in [5, 5.41) is 11.6. The minimum atomic E-state index is -4.73. The molecule has 1 amide bonds. The number of aliphatic imine (C=N–C) groups is 1. The largest absolute Gasteiger partial charge is 0.494 e. The smallest absolute Gasteiger partial charge is 0.416 e. The van der Waals surface area contributed by atoms with Crippen LogP contribution >= 0.6 is 15.9 Å². The number of carbonyl (C=O) groups excluding carboxylic acids is 1. The molecule has 0 saturated carbocycles. The second-order valence-electron chi connectivity index (χ2n) is 9.38. The van der Waals surface area contributed by atoms with Gasteiger partial charge in [-0.2, -0.15) is 13.2 Å². The van der Waals surface area contributed by atoms with Gasteiger partial charge in [-0.05, 0) is 72.6 Å². The maximum atomic E-state index is 13.9. The molecule has 0 radical (unpaired) electrons. The highest BCUT2D eigenvalue weighted by atomic mass is 79.9. The molecule has 212 valence electrons. The van der Waals surface area contributed by atoms with E-state index in [0.29, 0.717) is 30.4 Å². The van der Waals surface area contributed by atoms with Crippen molar-refractivity contribution < 1.29 is 36.9 Å². The molecular weight excluding hydrogens is 596 g/mol. The van der Waals surface area contributed by atoms with Crippen molar-refractivity contribution in [2.75, 3.05) is 13.2 Å². The first-order valence-electron chi connectivity index (χ1n) is 12.5. The van der Waals surface area contributed by atoms with E-state index >= 15 is 0 Å². The number of nitrogens with one attached hydrogen (secondary N) is 1. The maximum Gasteiger partial charge on any atom is 0.416 e. The van der Waals surface area contributed by atoms with Crippen molar-refractivity contribution in [2.45, 2.75) is 44.1 Å². The predicted molar refractivity (Wildman–Crippen MR) is 145 cm³/mol. The van der Waals surface area contributed by atoms with Gasteiger partial charge in [-0.3, -0.25) is 4.79 Å². The lowest BCUT2D eigenvalue weighted by Crippen LogP contribution is -2.52. The van der Waals surface area contributed by atoms with E-state index in [1.54, 1.807) is 31.2 Å². The monoisotopic (exact) mass is 622 g/mol. The maximum absolute atomic E-state index is 13.9. The van der Waals surface area contributed by atoms with E-state index in [4.69, 9.17) is 19.6 Å². The first-order chi connectivity index (χ1) is 19.0. The summed E-state index contributed by atoms with van der Waals surface area (Å²) >= 11 is 3.39. The number of aliphatic hydroxyl groups is 1. The number of carbonyl (C=O) groups is 1. The first kappa shape index (κ1) is 29.5. The van der Waals surface area contributed by atoms with Crippen molar-refractivity contribution in [1.29, 1.82) is 0 Å². The molecule has 0 aromatic heterocycles. The van der Waals surface area contributed by atoms with Gasteiger partial charge in [-0.25, -0.2) is 9.38 Å². The van der Waals surface area contributed by atoms with Crippen LogP contribution in [0.4, 0.5) is 17.6 Å². The van der Waals surface area contributed by atoms with Gasteiger partial charge in [0.15, 0.2) is 5.54 Å². The lowest BCUT2D eigenvalue weighted by molar-refractivity contribution is -0.137. The van der Waals surface area contributed by atoms with Gasteiger partial charge in [0.1, 0.15) is 17.7 Å². The number of ether oxygens (including phenoxy) is 2. The summed E-state index contributed by atoms with van der Waals surface area (Å²) in [5.41, 5.74) is -1.22. The average Bonchev–Trinajstić information content (AvgIpc) is 3.25. The van der Waals surface area contributed by atoms with Gasteiger partial charge in [0.25, 0.3) is 5.91 Å². The summed E-state index contributed by atoms with van der Waals surface area (Å²) in [6, 6.07) is 16.4. The fourth-order valence-corrected chi connectivity index (χ4v) is 4.57. The first-order valence-corrected chi connectivity index (χ1v) is 13.3. The van der Waals surface area contributed by atoms with Crippen LogP contribution in [0, 0.1) is 5.82 Å². The highest BCUT2D eigenvalue weighted by molar-refractivity contribution is 9.10. The van der Waals surface area contributed by atoms with Crippen molar-refractivity contribution in [3.05, 3.63) is 99.3 Å². The zero-order valence-corrected chi connectivity index (χ0v) is 23.1. The highest BCUT2D eigenvalue weighted by Crippen LogP contribution is 2.34. The molecule has 0 spiro atoms. The quantitative estimate of drug-likeness (QED) is 0.220. The van der Waals surface area contributed by atoms with Crippen LogP contribution in [0.25, 0.3) is 0 Å². The molecule has 3 aromatic carbocycles. The van der Waals surface area contributed by atoms with Gasteiger partial charge in [0, 0.05) is 36.0 Å². The average molecular weight is 623 g/mol. The predicted octanol–water partition coefficient (Wildman–Crippen LogP) is 5.83. The molecule has 2 atom stereocenters. The molecule has 3 aromatic rings. The van der Waals surface area contributed by atoms with Crippen molar-refractivity contribution in [2.24, 2.45) is 4.99 Å². The van der Waals surface area contributed by atoms with Crippen molar-refractivity contribution in [1.82, 2.24) is 5.32 Å². The SMILES string of the molecule is C[C@H]1OC(c2ccc(OCCCO)cc2)=N[C@@]1(Cc1ccc(Br)cc1)C(=O)NCc1cc(F)cc(C(F)(F)F)c1. The van der Waals surface area contributed by atoms with E-state index in [0.717, 1.165) is 22.2 Å². The lowest BCUT2D eigenvalue weighted by Gasteiger charge is -2.28. The van der Waals surface area contributed by atoms with Gasteiger partial charge in [-0.15, -0.1) is 0 Å². The molecule has 40 heavy (non-hydrogen) atoms. The van der Waals surface area contributed by atoms with Gasteiger partial charge in [0.2, 0.25) is 5.90 Å². The summed E-state index contributed by atoms with van der Waals surface area (Å²) in [4.78, 5) is 18.4. The molecular formula is C29H27BrF4N2O4.